The summed E-state index contributed by atoms with van der Waals surface area (Å²) in [5.74, 6) is 0.187. The van der Waals surface area contributed by atoms with E-state index in [4.69, 9.17) is 11.6 Å². The van der Waals surface area contributed by atoms with Crippen molar-refractivity contribution in [3.05, 3.63) is 54.0 Å². The minimum absolute atomic E-state index is 0.254. The molecule has 2 aromatic rings. The molecule has 2 rings (SSSR count). The Kier molecular flexibility index (Phi) is 2.97. The molecule has 1 heterocycles. The number of pyridine rings is 1. The van der Waals surface area contributed by atoms with Gasteiger partial charge < -0.3 is 0 Å². The van der Waals surface area contributed by atoms with Crippen molar-refractivity contribution < 1.29 is 4.39 Å². The van der Waals surface area contributed by atoms with Crippen LogP contribution in [0.5, 0.6) is 0 Å². The number of alkyl halides is 1. The summed E-state index contributed by atoms with van der Waals surface area (Å²) < 4.78 is 12.9. The molecule has 1 aromatic heterocycles. The fourth-order valence-electron chi connectivity index (χ4n) is 1.32. The number of rotatable bonds is 2. The van der Waals surface area contributed by atoms with Crippen LogP contribution in [0.1, 0.15) is 5.56 Å². The number of hydrogen-bond acceptors (Lipinski definition) is 1. The summed E-state index contributed by atoms with van der Waals surface area (Å²) in [6.07, 6.45) is 1.70. The Morgan fingerprint density at radius 1 is 1.20 bits per heavy atom. The van der Waals surface area contributed by atoms with Crippen molar-refractivity contribution in [3.8, 4) is 11.3 Å². The fourth-order valence-corrected chi connectivity index (χ4v) is 1.48. The molecule has 0 aliphatic rings. The molecule has 0 spiro atoms. The van der Waals surface area contributed by atoms with Crippen molar-refractivity contribution in [1.82, 2.24) is 4.98 Å². The highest BCUT2D eigenvalue weighted by atomic mass is 35.5. The van der Waals surface area contributed by atoms with E-state index in [9.17, 15) is 4.39 Å². The van der Waals surface area contributed by atoms with Crippen molar-refractivity contribution in [2.45, 2.75) is 5.88 Å². The molecule has 0 aliphatic heterocycles. The standard InChI is InChI=1S/C12H9ClFN/c13-7-9-4-5-12(15-8-9)10-2-1-3-11(14)6-10/h1-6,8H,7H2. The molecule has 0 aliphatic carbocycles. The Labute approximate surface area is 92.5 Å². The van der Waals surface area contributed by atoms with E-state index in [1.165, 1.54) is 12.1 Å². The van der Waals surface area contributed by atoms with Gasteiger partial charge in [-0.25, -0.2) is 4.39 Å². The van der Waals surface area contributed by atoms with Crippen LogP contribution in [0.2, 0.25) is 0 Å². The monoisotopic (exact) mass is 221 g/mol. The molecule has 0 unspecified atom stereocenters. The second-order valence-corrected chi connectivity index (χ2v) is 3.46. The SMILES string of the molecule is Fc1cccc(-c2ccc(CCl)cn2)c1. The van der Waals surface area contributed by atoms with Crippen LogP contribution in [0, 0.1) is 5.82 Å². The molecular formula is C12H9ClFN. The van der Waals surface area contributed by atoms with Crippen LogP contribution in [0.15, 0.2) is 42.6 Å². The molecule has 0 saturated heterocycles. The molecule has 76 valence electrons. The predicted octanol–water partition coefficient (Wildman–Crippen LogP) is 3.63. The van der Waals surface area contributed by atoms with Gasteiger partial charge in [-0.05, 0) is 23.8 Å². The molecule has 0 bridgehead atoms. The average Bonchev–Trinajstić information content (AvgIpc) is 2.29. The van der Waals surface area contributed by atoms with Crippen molar-refractivity contribution in [2.75, 3.05) is 0 Å². The zero-order valence-electron chi connectivity index (χ0n) is 7.95. The van der Waals surface area contributed by atoms with Crippen LogP contribution in [0.4, 0.5) is 4.39 Å². The summed E-state index contributed by atoms with van der Waals surface area (Å²) in [6, 6.07) is 10.1. The molecule has 0 atom stereocenters. The van der Waals surface area contributed by atoms with Gasteiger partial charge in [0, 0.05) is 17.6 Å². The first kappa shape index (κ1) is 10.1. The van der Waals surface area contributed by atoms with E-state index >= 15 is 0 Å². The van der Waals surface area contributed by atoms with E-state index in [0.29, 0.717) is 5.88 Å². The molecule has 3 heteroatoms. The molecule has 0 saturated carbocycles. The summed E-state index contributed by atoms with van der Waals surface area (Å²) in [6.45, 7) is 0. The van der Waals surface area contributed by atoms with E-state index in [0.717, 1.165) is 16.8 Å². The molecule has 0 N–H and O–H groups in total. The second kappa shape index (κ2) is 4.41. The topological polar surface area (TPSA) is 12.9 Å². The van der Waals surface area contributed by atoms with E-state index in [2.05, 4.69) is 4.98 Å². The highest BCUT2D eigenvalue weighted by Gasteiger charge is 2.00. The summed E-state index contributed by atoms with van der Waals surface area (Å²) in [5.41, 5.74) is 2.48. The normalized spacial score (nSPS) is 10.3. The molecule has 1 nitrogen and oxygen atoms in total. The average molecular weight is 222 g/mol. The first-order valence-electron chi connectivity index (χ1n) is 4.56. The van der Waals surface area contributed by atoms with Crippen molar-refractivity contribution >= 4 is 11.6 Å². The van der Waals surface area contributed by atoms with Gasteiger partial charge in [-0.15, -0.1) is 11.6 Å². The zero-order valence-corrected chi connectivity index (χ0v) is 8.71. The molecule has 15 heavy (non-hydrogen) atoms. The summed E-state index contributed by atoms with van der Waals surface area (Å²) in [5, 5.41) is 0. The van der Waals surface area contributed by atoms with Crippen LogP contribution in [-0.2, 0) is 5.88 Å². The highest BCUT2D eigenvalue weighted by molar-refractivity contribution is 6.17. The minimum atomic E-state index is -0.254. The van der Waals surface area contributed by atoms with Crippen LogP contribution in [-0.4, -0.2) is 4.98 Å². The number of aromatic nitrogens is 1. The maximum atomic E-state index is 12.9. The highest BCUT2D eigenvalue weighted by Crippen LogP contribution is 2.18. The van der Waals surface area contributed by atoms with Gasteiger partial charge in [-0.1, -0.05) is 18.2 Å². The predicted molar refractivity (Wildman–Crippen MR) is 59.2 cm³/mol. The minimum Gasteiger partial charge on any atom is -0.256 e. The van der Waals surface area contributed by atoms with Crippen molar-refractivity contribution in [1.29, 1.82) is 0 Å². The maximum Gasteiger partial charge on any atom is 0.123 e. The van der Waals surface area contributed by atoms with Crippen LogP contribution in [0.3, 0.4) is 0 Å². The Bertz CT molecular complexity index is 453. The number of halogens is 2. The molecule has 1 aromatic carbocycles. The van der Waals surface area contributed by atoms with Crippen LogP contribution in [0.25, 0.3) is 11.3 Å². The van der Waals surface area contributed by atoms with Gasteiger partial charge in [0.2, 0.25) is 0 Å². The maximum absolute atomic E-state index is 12.9. The van der Waals surface area contributed by atoms with E-state index in [1.807, 2.05) is 18.2 Å². The lowest BCUT2D eigenvalue weighted by atomic mass is 10.1. The molecular weight excluding hydrogens is 213 g/mol. The van der Waals surface area contributed by atoms with Gasteiger partial charge in [0.05, 0.1) is 5.69 Å². The number of hydrogen-bond donors (Lipinski definition) is 0. The zero-order chi connectivity index (χ0) is 10.7. The fraction of sp³-hybridized carbons (Fsp3) is 0.0833. The first-order valence-corrected chi connectivity index (χ1v) is 5.10. The van der Waals surface area contributed by atoms with Crippen molar-refractivity contribution in [2.24, 2.45) is 0 Å². The Hall–Kier alpha value is -1.41. The van der Waals surface area contributed by atoms with E-state index in [1.54, 1.807) is 12.3 Å². The van der Waals surface area contributed by atoms with Crippen molar-refractivity contribution in [3.63, 3.8) is 0 Å². The molecule has 0 fully saturated rings. The lowest BCUT2D eigenvalue weighted by Gasteiger charge is -2.01. The van der Waals surface area contributed by atoms with Gasteiger partial charge in [0.1, 0.15) is 5.82 Å². The quantitative estimate of drug-likeness (QED) is 0.706. The second-order valence-electron chi connectivity index (χ2n) is 3.20. The van der Waals surface area contributed by atoms with E-state index < -0.39 is 0 Å². The van der Waals surface area contributed by atoms with Gasteiger partial charge in [0.25, 0.3) is 0 Å². The number of nitrogens with zero attached hydrogens (tertiary/aromatic N) is 1. The summed E-state index contributed by atoms with van der Waals surface area (Å²) in [4.78, 5) is 4.21. The van der Waals surface area contributed by atoms with Crippen LogP contribution >= 0.6 is 11.6 Å². The lowest BCUT2D eigenvalue weighted by Crippen LogP contribution is -1.86. The smallest absolute Gasteiger partial charge is 0.123 e. The third-order valence-corrected chi connectivity index (χ3v) is 2.41. The van der Waals surface area contributed by atoms with Gasteiger partial charge >= 0.3 is 0 Å². The molecule has 0 amide bonds. The third-order valence-electron chi connectivity index (χ3n) is 2.10. The van der Waals surface area contributed by atoms with Gasteiger partial charge in [0.15, 0.2) is 0 Å². The first-order chi connectivity index (χ1) is 7.29. The van der Waals surface area contributed by atoms with E-state index in [-0.39, 0.29) is 5.82 Å². The van der Waals surface area contributed by atoms with Crippen LogP contribution < -0.4 is 0 Å². The Morgan fingerprint density at radius 3 is 2.67 bits per heavy atom. The largest absolute Gasteiger partial charge is 0.256 e. The molecule has 0 radical (unpaired) electrons. The Balaban J connectivity index is 2.37. The summed E-state index contributed by atoms with van der Waals surface area (Å²) >= 11 is 5.65. The third kappa shape index (κ3) is 2.34. The summed E-state index contributed by atoms with van der Waals surface area (Å²) in [7, 11) is 0. The van der Waals surface area contributed by atoms with Gasteiger partial charge in [-0.2, -0.15) is 0 Å². The lowest BCUT2D eigenvalue weighted by molar-refractivity contribution is 0.628. The number of benzene rings is 1. The Morgan fingerprint density at radius 2 is 2.07 bits per heavy atom. The van der Waals surface area contributed by atoms with Gasteiger partial charge in [-0.3, -0.25) is 4.98 Å².